The fraction of sp³-hybridized carbons (Fsp3) is 0.562. The second-order valence-electron chi connectivity index (χ2n) is 5.94. The van der Waals surface area contributed by atoms with Gasteiger partial charge in [-0.2, -0.15) is 13.2 Å². The molecule has 3 atom stereocenters. The molecule has 1 saturated carbocycles. The summed E-state index contributed by atoms with van der Waals surface area (Å²) < 4.78 is 38.3. The van der Waals surface area contributed by atoms with Crippen LogP contribution in [0.3, 0.4) is 0 Å². The normalized spacial score (nSPS) is 23.3. The van der Waals surface area contributed by atoms with Crippen LogP contribution in [0.4, 0.5) is 13.2 Å². The van der Waals surface area contributed by atoms with Crippen LogP contribution in [0.15, 0.2) is 24.3 Å². The lowest BCUT2D eigenvalue weighted by molar-refractivity contribution is -0.184. The molecular weight excluding hydrogens is 331 g/mol. The van der Waals surface area contributed by atoms with Gasteiger partial charge in [-0.3, -0.25) is 4.79 Å². The second kappa shape index (κ2) is 7.53. The molecule has 0 bridgehead atoms. The van der Waals surface area contributed by atoms with Crippen LogP contribution in [0.5, 0.6) is 0 Å². The molecule has 1 aliphatic rings. The highest BCUT2D eigenvalue weighted by Crippen LogP contribution is 2.37. The molecule has 1 aliphatic carbocycles. The summed E-state index contributed by atoms with van der Waals surface area (Å²) in [5.41, 5.74) is 0.543. The van der Waals surface area contributed by atoms with E-state index in [0.29, 0.717) is 23.4 Å². The number of rotatable bonds is 4. The summed E-state index contributed by atoms with van der Waals surface area (Å²) in [7, 11) is 0. The Bertz CT molecular complexity index is 533. The highest BCUT2D eigenvalue weighted by molar-refractivity contribution is 6.30. The van der Waals surface area contributed by atoms with Gasteiger partial charge in [0.2, 0.25) is 5.91 Å². The highest BCUT2D eigenvalue weighted by atomic mass is 35.5. The predicted octanol–water partition coefficient (Wildman–Crippen LogP) is 4.00. The smallest absolute Gasteiger partial charge is 0.388 e. The van der Waals surface area contributed by atoms with E-state index in [4.69, 9.17) is 11.6 Å². The van der Waals surface area contributed by atoms with E-state index in [0.717, 1.165) is 0 Å². The number of amides is 1. The maximum atomic E-state index is 12.8. The summed E-state index contributed by atoms with van der Waals surface area (Å²) in [5, 5.41) is 13.1. The molecule has 2 N–H and O–H groups in total. The third-order valence-corrected chi connectivity index (χ3v) is 4.39. The van der Waals surface area contributed by atoms with Crippen molar-refractivity contribution in [3.8, 4) is 0 Å². The first kappa shape index (κ1) is 18.1. The van der Waals surface area contributed by atoms with Gasteiger partial charge in [-0.05, 0) is 37.0 Å². The number of nitrogens with one attached hydrogen (secondary N) is 1. The Morgan fingerprint density at radius 2 is 1.96 bits per heavy atom. The van der Waals surface area contributed by atoms with E-state index in [9.17, 15) is 23.1 Å². The molecule has 7 heteroatoms. The summed E-state index contributed by atoms with van der Waals surface area (Å²) >= 11 is 5.75. The molecule has 0 radical (unpaired) electrons. The maximum absolute atomic E-state index is 12.8. The van der Waals surface area contributed by atoms with Gasteiger partial charge >= 0.3 is 6.18 Å². The van der Waals surface area contributed by atoms with Gasteiger partial charge in [-0.25, -0.2) is 0 Å². The molecule has 0 aliphatic heterocycles. The lowest BCUT2D eigenvalue weighted by Gasteiger charge is -2.31. The van der Waals surface area contributed by atoms with Gasteiger partial charge in [0.15, 0.2) is 0 Å². The summed E-state index contributed by atoms with van der Waals surface area (Å²) in [4.78, 5) is 11.9. The van der Waals surface area contributed by atoms with Crippen molar-refractivity contribution in [2.45, 2.75) is 50.4 Å². The number of alkyl halides is 3. The van der Waals surface area contributed by atoms with Crippen LogP contribution in [0, 0.1) is 5.92 Å². The minimum atomic E-state index is -4.22. The first-order valence-corrected chi connectivity index (χ1v) is 7.93. The number of hydrogen-bond donors (Lipinski definition) is 2. The van der Waals surface area contributed by atoms with Gasteiger partial charge in [-0.1, -0.05) is 30.2 Å². The standard InChI is InChI=1S/C16H19ClF3NO2/c17-12-6-4-10(5-7-12)14(22)9-15(23)21-13-3-1-2-11(8-13)16(18,19)20/h4-7,11,13-14,22H,1-3,8-9H2,(H,21,23). The van der Waals surface area contributed by atoms with Gasteiger partial charge in [0.25, 0.3) is 0 Å². The SMILES string of the molecule is O=C(CC(O)c1ccc(Cl)cc1)NC1CCCC(C(F)(F)F)C1. The summed E-state index contributed by atoms with van der Waals surface area (Å²) in [5.74, 6) is -1.80. The Balaban J connectivity index is 1.85. The van der Waals surface area contributed by atoms with Crippen molar-refractivity contribution >= 4 is 17.5 Å². The zero-order valence-corrected chi connectivity index (χ0v) is 13.2. The number of benzene rings is 1. The van der Waals surface area contributed by atoms with E-state index in [-0.39, 0.29) is 19.3 Å². The van der Waals surface area contributed by atoms with Crippen molar-refractivity contribution < 1.29 is 23.1 Å². The molecule has 1 aromatic carbocycles. The molecule has 0 heterocycles. The molecule has 128 valence electrons. The van der Waals surface area contributed by atoms with E-state index in [2.05, 4.69) is 5.32 Å². The molecule has 1 fully saturated rings. The molecular formula is C16H19ClF3NO2. The van der Waals surface area contributed by atoms with Crippen molar-refractivity contribution in [2.75, 3.05) is 0 Å². The molecule has 2 rings (SSSR count). The van der Waals surface area contributed by atoms with Crippen LogP contribution >= 0.6 is 11.6 Å². The monoisotopic (exact) mass is 349 g/mol. The molecule has 1 amide bonds. The summed E-state index contributed by atoms with van der Waals surface area (Å²) in [6, 6.07) is 5.95. The maximum Gasteiger partial charge on any atom is 0.391 e. The Morgan fingerprint density at radius 3 is 2.57 bits per heavy atom. The van der Waals surface area contributed by atoms with E-state index >= 15 is 0 Å². The zero-order valence-electron chi connectivity index (χ0n) is 12.4. The number of carbonyl (C=O) groups excluding carboxylic acids is 1. The van der Waals surface area contributed by atoms with Gasteiger partial charge in [0.05, 0.1) is 18.4 Å². The minimum absolute atomic E-state index is 0.0910. The lowest BCUT2D eigenvalue weighted by atomic mass is 9.85. The van der Waals surface area contributed by atoms with Crippen LogP contribution in [-0.2, 0) is 4.79 Å². The average Bonchev–Trinajstić information content (AvgIpc) is 2.47. The number of carbonyl (C=O) groups is 1. The third kappa shape index (κ3) is 5.39. The van der Waals surface area contributed by atoms with Crippen LogP contribution in [0.25, 0.3) is 0 Å². The fourth-order valence-corrected chi connectivity index (χ4v) is 3.01. The number of halogens is 4. The minimum Gasteiger partial charge on any atom is -0.388 e. The van der Waals surface area contributed by atoms with Crippen LogP contribution in [0.1, 0.15) is 43.8 Å². The summed E-state index contributed by atoms with van der Waals surface area (Å²) in [6.07, 6.45) is -4.41. The Morgan fingerprint density at radius 1 is 1.30 bits per heavy atom. The quantitative estimate of drug-likeness (QED) is 0.863. The molecule has 0 spiro atoms. The largest absolute Gasteiger partial charge is 0.391 e. The molecule has 3 unspecified atom stereocenters. The van der Waals surface area contributed by atoms with Crippen molar-refractivity contribution in [1.82, 2.24) is 5.32 Å². The molecule has 1 aromatic rings. The molecule has 0 saturated heterocycles. The predicted molar refractivity (Wildman–Crippen MR) is 81.0 cm³/mol. The first-order valence-electron chi connectivity index (χ1n) is 7.55. The zero-order chi connectivity index (χ0) is 17.0. The van der Waals surface area contributed by atoms with Crippen molar-refractivity contribution in [3.05, 3.63) is 34.9 Å². The van der Waals surface area contributed by atoms with Crippen LogP contribution in [-0.4, -0.2) is 23.2 Å². The summed E-state index contributed by atoms with van der Waals surface area (Å²) in [6.45, 7) is 0. The third-order valence-electron chi connectivity index (χ3n) is 4.14. The van der Waals surface area contributed by atoms with E-state index in [1.165, 1.54) is 0 Å². The fourth-order valence-electron chi connectivity index (χ4n) is 2.88. The highest BCUT2D eigenvalue weighted by Gasteiger charge is 2.42. The number of hydrogen-bond acceptors (Lipinski definition) is 2. The lowest BCUT2D eigenvalue weighted by Crippen LogP contribution is -2.41. The van der Waals surface area contributed by atoms with Gasteiger partial charge < -0.3 is 10.4 Å². The number of aliphatic hydroxyl groups excluding tert-OH is 1. The van der Waals surface area contributed by atoms with Crippen LogP contribution < -0.4 is 5.32 Å². The van der Waals surface area contributed by atoms with Crippen molar-refractivity contribution in [3.63, 3.8) is 0 Å². The Kier molecular flexibility index (Phi) is 5.92. The Hall–Kier alpha value is -1.27. The van der Waals surface area contributed by atoms with Gasteiger partial charge in [0, 0.05) is 11.1 Å². The van der Waals surface area contributed by atoms with E-state index in [1.54, 1.807) is 24.3 Å². The van der Waals surface area contributed by atoms with Gasteiger partial charge in [-0.15, -0.1) is 0 Å². The van der Waals surface area contributed by atoms with E-state index in [1.807, 2.05) is 0 Å². The Labute approximate surface area is 137 Å². The number of aliphatic hydroxyl groups is 1. The van der Waals surface area contributed by atoms with Gasteiger partial charge in [0.1, 0.15) is 0 Å². The first-order chi connectivity index (χ1) is 10.8. The average molecular weight is 350 g/mol. The van der Waals surface area contributed by atoms with E-state index < -0.39 is 30.1 Å². The van der Waals surface area contributed by atoms with Crippen LogP contribution in [0.2, 0.25) is 5.02 Å². The van der Waals surface area contributed by atoms with Crippen molar-refractivity contribution in [1.29, 1.82) is 0 Å². The van der Waals surface area contributed by atoms with Crippen molar-refractivity contribution in [2.24, 2.45) is 5.92 Å². The topological polar surface area (TPSA) is 49.3 Å². The molecule has 23 heavy (non-hydrogen) atoms. The molecule has 3 nitrogen and oxygen atoms in total. The second-order valence-corrected chi connectivity index (χ2v) is 6.38. The molecule has 0 aromatic heterocycles.